The van der Waals surface area contributed by atoms with Gasteiger partial charge in [0.1, 0.15) is 6.04 Å². The maximum absolute atomic E-state index is 12.9. The minimum absolute atomic E-state index is 0.00851. The van der Waals surface area contributed by atoms with E-state index in [1.54, 1.807) is 0 Å². The molecular formula is C41H47N3O6. The zero-order chi connectivity index (χ0) is 35.5. The van der Waals surface area contributed by atoms with Gasteiger partial charge in [0.15, 0.2) is 6.29 Å². The number of hydrogen-bond acceptors (Lipinski definition) is 7. The summed E-state index contributed by atoms with van der Waals surface area (Å²) in [6.07, 6.45) is 1.33. The average Bonchev–Trinajstić information content (AvgIpc) is 3.15. The van der Waals surface area contributed by atoms with Crippen LogP contribution in [0.4, 0.5) is 4.79 Å². The van der Waals surface area contributed by atoms with Crippen molar-refractivity contribution in [2.24, 2.45) is 5.92 Å². The van der Waals surface area contributed by atoms with Crippen molar-refractivity contribution < 1.29 is 28.9 Å². The lowest BCUT2D eigenvalue weighted by Gasteiger charge is -2.42. The highest BCUT2D eigenvalue weighted by molar-refractivity contribution is 5.84. The fourth-order valence-corrected chi connectivity index (χ4v) is 6.28. The van der Waals surface area contributed by atoms with Gasteiger partial charge in [0.05, 0.1) is 25.9 Å². The number of hydrogen-bond donors (Lipinski definition) is 3. The number of aliphatic hydroxyl groups excluding tert-OH is 1. The van der Waals surface area contributed by atoms with E-state index in [2.05, 4.69) is 36.1 Å². The molecule has 5 rings (SSSR count). The van der Waals surface area contributed by atoms with Crippen molar-refractivity contribution in [3.8, 4) is 11.1 Å². The molecule has 0 radical (unpaired) electrons. The molecule has 50 heavy (non-hydrogen) atoms. The van der Waals surface area contributed by atoms with E-state index in [0.29, 0.717) is 6.42 Å². The predicted octanol–water partition coefficient (Wildman–Crippen LogP) is 6.34. The van der Waals surface area contributed by atoms with Gasteiger partial charge in [0.2, 0.25) is 0 Å². The van der Waals surface area contributed by atoms with Gasteiger partial charge in [-0.1, -0.05) is 116 Å². The summed E-state index contributed by atoms with van der Waals surface area (Å²) in [4.78, 5) is 27.6. The average molecular weight is 678 g/mol. The number of amides is 2. The van der Waals surface area contributed by atoms with E-state index in [0.717, 1.165) is 52.0 Å². The van der Waals surface area contributed by atoms with E-state index in [9.17, 15) is 14.7 Å². The van der Waals surface area contributed by atoms with Crippen LogP contribution in [-0.4, -0.2) is 61.4 Å². The summed E-state index contributed by atoms with van der Waals surface area (Å²) in [5.74, 6) is -0.429. The number of likely N-dealkylation sites (N-methyl/N-ethyl adjacent to an activating group) is 1. The summed E-state index contributed by atoms with van der Waals surface area (Å²) in [5, 5.41) is 15.2. The molecule has 3 N–H and O–H groups in total. The molecule has 1 aliphatic heterocycles. The lowest BCUT2D eigenvalue weighted by Crippen LogP contribution is -2.47. The van der Waals surface area contributed by atoms with Crippen molar-refractivity contribution in [2.45, 2.75) is 51.0 Å². The highest BCUT2D eigenvalue weighted by Crippen LogP contribution is 2.42. The van der Waals surface area contributed by atoms with Crippen LogP contribution in [-0.2, 0) is 38.6 Å². The monoisotopic (exact) mass is 677 g/mol. The minimum Gasteiger partial charge on any atom is -0.467 e. The van der Waals surface area contributed by atoms with Crippen LogP contribution in [0.25, 0.3) is 11.1 Å². The molecule has 1 fully saturated rings. The third kappa shape index (κ3) is 9.46. The Labute approximate surface area is 294 Å². The van der Waals surface area contributed by atoms with Crippen LogP contribution >= 0.6 is 0 Å². The number of nitrogens with one attached hydrogen (secondary N) is 2. The molecule has 0 aromatic heterocycles. The van der Waals surface area contributed by atoms with Gasteiger partial charge in [-0.15, -0.1) is 6.58 Å². The molecule has 9 heteroatoms. The fourth-order valence-electron chi connectivity index (χ4n) is 6.28. The Balaban J connectivity index is 1.29. The quantitative estimate of drug-likeness (QED) is 0.106. The van der Waals surface area contributed by atoms with Crippen LogP contribution in [0.15, 0.2) is 116 Å². The largest absolute Gasteiger partial charge is 0.467 e. The van der Waals surface area contributed by atoms with Crippen LogP contribution < -0.4 is 10.6 Å². The third-order valence-corrected chi connectivity index (χ3v) is 9.08. The first-order valence-electron chi connectivity index (χ1n) is 16.9. The number of methoxy groups -OCH3 is 1. The zero-order valence-electron chi connectivity index (χ0n) is 29.0. The maximum Gasteiger partial charge on any atom is 0.328 e. The topological polar surface area (TPSA) is 109 Å². The van der Waals surface area contributed by atoms with Crippen LogP contribution in [0, 0.1) is 5.92 Å². The molecule has 0 spiro atoms. The summed E-state index contributed by atoms with van der Waals surface area (Å²) >= 11 is 0. The summed E-state index contributed by atoms with van der Waals surface area (Å²) < 4.78 is 18.2. The molecule has 2 amide bonds. The molecule has 262 valence electrons. The van der Waals surface area contributed by atoms with E-state index in [1.165, 1.54) is 7.11 Å². The molecule has 5 atom stereocenters. The van der Waals surface area contributed by atoms with Gasteiger partial charge in [-0.2, -0.15) is 0 Å². The van der Waals surface area contributed by atoms with Gasteiger partial charge in [-0.05, 0) is 40.4 Å². The second-order valence-electron chi connectivity index (χ2n) is 12.7. The Bertz CT molecular complexity index is 1700. The minimum atomic E-state index is -0.820. The van der Waals surface area contributed by atoms with E-state index in [-0.39, 0.29) is 31.3 Å². The lowest BCUT2D eigenvalue weighted by atomic mass is 9.90. The molecule has 0 bridgehead atoms. The first-order valence-corrected chi connectivity index (χ1v) is 16.9. The van der Waals surface area contributed by atoms with Gasteiger partial charge < -0.3 is 34.9 Å². The third-order valence-electron chi connectivity index (χ3n) is 9.08. The number of benzene rings is 4. The van der Waals surface area contributed by atoms with E-state index in [4.69, 9.17) is 14.2 Å². The Morgan fingerprint density at radius 2 is 1.60 bits per heavy atom. The number of ether oxygens (including phenoxy) is 3. The maximum atomic E-state index is 12.9. The molecule has 4 aromatic carbocycles. The van der Waals surface area contributed by atoms with Gasteiger partial charge in [0, 0.05) is 37.5 Å². The highest BCUT2D eigenvalue weighted by atomic mass is 16.7. The second-order valence-corrected chi connectivity index (χ2v) is 12.7. The van der Waals surface area contributed by atoms with Crippen molar-refractivity contribution in [1.29, 1.82) is 0 Å². The van der Waals surface area contributed by atoms with Gasteiger partial charge >= 0.3 is 12.0 Å². The smallest absolute Gasteiger partial charge is 0.328 e. The van der Waals surface area contributed by atoms with Crippen LogP contribution in [0.1, 0.15) is 47.1 Å². The van der Waals surface area contributed by atoms with E-state index < -0.39 is 24.3 Å². The molecule has 1 aliphatic rings. The van der Waals surface area contributed by atoms with Crippen molar-refractivity contribution >= 4 is 12.0 Å². The molecule has 0 aliphatic carbocycles. The van der Waals surface area contributed by atoms with E-state index in [1.807, 2.05) is 109 Å². The molecule has 0 saturated carbocycles. The number of esters is 1. The lowest BCUT2D eigenvalue weighted by molar-refractivity contribution is -0.275. The molecule has 0 unspecified atom stereocenters. The second kappa shape index (κ2) is 17.7. The van der Waals surface area contributed by atoms with Crippen molar-refractivity contribution in [1.82, 2.24) is 15.5 Å². The fraction of sp³-hybridized carbons (Fsp3) is 0.317. The van der Waals surface area contributed by atoms with E-state index >= 15 is 0 Å². The van der Waals surface area contributed by atoms with Gasteiger partial charge in [0.25, 0.3) is 0 Å². The highest BCUT2D eigenvalue weighted by Gasteiger charge is 2.38. The number of nitrogens with zero attached hydrogens (tertiary/aromatic N) is 1. The molecule has 9 nitrogen and oxygen atoms in total. The first-order chi connectivity index (χ1) is 24.3. The predicted molar refractivity (Wildman–Crippen MR) is 194 cm³/mol. The SMILES string of the molecule is C=CCN(C)C[C@H]1O[C@@H](c2ccc(-c3ccccc3CNC(=O)N[C@@H](Cc3ccccc3)C(=O)OC)cc2)O[C@@H](c2ccc(CO)cc2)[C@H]1C. The Morgan fingerprint density at radius 1 is 0.920 bits per heavy atom. The summed E-state index contributed by atoms with van der Waals surface area (Å²) in [6.45, 7) is 7.75. The number of carbonyl (C=O) groups is 2. The number of aliphatic hydroxyl groups is 1. The van der Waals surface area contributed by atoms with Gasteiger partial charge in [-0.25, -0.2) is 9.59 Å². The normalized spacial score (nSPS) is 19.4. The number of urea groups is 1. The standard InChI is InChI=1S/C41H47N3O6/c1-5-23-44(3)26-37-28(2)38(32-17-15-30(27-45)16-18-32)50-40(49-37)33-21-19-31(20-22-33)35-14-10-9-13-34(35)25-42-41(47)43-36(39(46)48-4)24-29-11-7-6-8-12-29/h5-22,28,36-38,40,45H,1,23-27H2,2-4H3,(H2,42,43,47)/t28-,36-,37+,38+,40+/m0/s1. The first kappa shape index (κ1) is 36.5. The zero-order valence-corrected chi connectivity index (χ0v) is 29.0. The summed E-state index contributed by atoms with van der Waals surface area (Å²) in [5.41, 5.74) is 6.58. The summed E-state index contributed by atoms with van der Waals surface area (Å²) in [6, 6.07) is 32.1. The molecular weight excluding hydrogens is 630 g/mol. The van der Waals surface area contributed by atoms with Crippen molar-refractivity contribution in [3.63, 3.8) is 0 Å². The van der Waals surface area contributed by atoms with Crippen LogP contribution in [0.5, 0.6) is 0 Å². The Kier molecular flexibility index (Phi) is 12.9. The molecule has 1 heterocycles. The number of carbonyl (C=O) groups excluding carboxylic acids is 2. The number of rotatable bonds is 14. The Morgan fingerprint density at radius 3 is 2.28 bits per heavy atom. The van der Waals surface area contributed by atoms with Crippen molar-refractivity contribution in [2.75, 3.05) is 27.2 Å². The molecule has 1 saturated heterocycles. The Hall–Kier alpha value is -4.80. The van der Waals surface area contributed by atoms with Gasteiger partial charge in [-0.3, -0.25) is 0 Å². The van der Waals surface area contributed by atoms with Crippen molar-refractivity contribution in [3.05, 3.63) is 144 Å². The molecule has 4 aromatic rings. The van der Waals surface area contributed by atoms with Crippen LogP contribution in [0.3, 0.4) is 0 Å². The van der Waals surface area contributed by atoms with Crippen LogP contribution in [0.2, 0.25) is 0 Å². The summed E-state index contributed by atoms with van der Waals surface area (Å²) in [7, 11) is 3.37.